The number of aromatic nitrogens is 3. The molecule has 1 amide bonds. The van der Waals surface area contributed by atoms with E-state index in [4.69, 9.17) is 9.47 Å². The van der Waals surface area contributed by atoms with E-state index in [1.54, 1.807) is 35.3 Å². The maximum Gasteiger partial charge on any atom is 0.433 e. The lowest BCUT2D eigenvalue weighted by Gasteiger charge is -2.28. The highest BCUT2D eigenvalue weighted by molar-refractivity contribution is 6.03. The number of morpholine rings is 1. The van der Waals surface area contributed by atoms with Crippen LogP contribution in [0, 0.1) is 6.92 Å². The average Bonchev–Trinajstić information content (AvgIpc) is 3.44. The van der Waals surface area contributed by atoms with Gasteiger partial charge in [-0.15, -0.1) is 0 Å². The summed E-state index contributed by atoms with van der Waals surface area (Å²) in [6.45, 7) is 6.58. The number of aryl methyl sites for hydroxylation is 1. The Labute approximate surface area is 229 Å². The molecule has 2 aliphatic heterocycles. The molecule has 1 N–H and O–H groups in total. The Kier molecular flexibility index (Phi) is 8.38. The number of hydrogen-bond donors (Lipinski definition) is 1. The molecule has 0 spiro atoms. The second kappa shape index (κ2) is 12.1. The highest BCUT2D eigenvalue weighted by Gasteiger charge is 2.33. The summed E-state index contributed by atoms with van der Waals surface area (Å²) < 4.78 is 52.3. The van der Waals surface area contributed by atoms with Crippen molar-refractivity contribution in [3.8, 4) is 5.69 Å². The first-order valence-electron chi connectivity index (χ1n) is 12.9. The molecule has 2 aliphatic rings. The van der Waals surface area contributed by atoms with Crippen LogP contribution in [0.4, 0.5) is 18.9 Å². The zero-order valence-electron chi connectivity index (χ0n) is 21.8. The molecule has 5 rings (SSSR count). The van der Waals surface area contributed by atoms with E-state index >= 15 is 0 Å². The number of nitrogens with one attached hydrogen (secondary N) is 1. The van der Waals surface area contributed by atoms with Gasteiger partial charge in [-0.3, -0.25) is 14.7 Å². The van der Waals surface area contributed by atoms with Gasteiger partial charge >= 0.3 is 6.18 Å². The van der Waals surface area contributed by atoms with Crippen LogP contribution < -0.4 is 5.32 Å². The summed E-state index contributed by atoms with van der Waals surface area (Å²) in [6, 6.07) is 8.39. The van der Waals surface area contributed by atoms with Crippen LogP contribution in [0.15, 0.2) is 66.1 Å². The third-order valence-corrected chi connectivity index (χ3v) is 6.76. The molecule has 0 radical (unpaired) electrons. The van der Waals surface area contributed by atoms with Crippen molar-refractivity contribution in [3.63, 3.8) is 0 Å². The number of nitrogens with zero attached hydrogens (tertiary/aromatic N) is 5. The predicted octanol–water partition coefficient (Wildman–Crippen LogP) is 4.25. The Morgan fingerprint density at radius 2 is 2.02 bits per heavy atom. The number of amides is 1. The number of aliphatic imine (C=N–C) groups is 1. The van der Waals surface area contributed by atoms with Crippen LogP contribution in [0.25, 0.3) is 5.69 Å². The zero-order valence-corrected chi connectivity index (χ0v) is 21.8. The average molecular weight is 555 g/mol. The van der Waals surface area contributed by atoms with E-state index in [1.165, 1.54) is 6.07 Å². The van der Waals surface area contributed by atoms with E-state index in [9.17, 15) is 18.0 Å². The van der Waals surface area contributed by atoms with E-state index in [-0.39, 0.29) is 17.7 Å². The van der Waals surface area contributed by atoms with Gasteiger partial charge in [0.1, 0.15) is 11.4 Å². The topological polar surface area (TPSA) is 93.9 Å². The standard InChI is InChI=1S/C28H29F3N6O3/c1-19-5-6-21(34-27(38)23-3-2-4-26(35-23)28(29,30)31)15-24(19)37-18-20(16-33-37)22-17-32-8-7-25(22)40-14-11-36-9-12-39-13-10-36/h2-8,15-18,22,25H,9-14H2,1H3,(H,34,38). The second-order valence-corrected chi connectivity index (χ2v) is 9.53. The Morgan fingerprint density at radius 3 is 2.83 bits per heavy atom. The minimum absolute atomic E-state index is 0.126. The van der Waals surface area contributed by atoms with Gasteiger partial charge < -0.3 is 14.8 Å². The van der Waals surface area contributed by atoms with Crippen LogP contribution in [0.3, 0.4) is 0 Å². The second-order valence-electron chi connectivity index (χ2n) is 9.53. The maximum atomic E-state index is 13.0. The number of carbonyl (C=O) groups excluding carboxylic acids is 1. The molecule has 210 valence electrons. The van der Waals surface area contributed by atoms with Gasteiger partial charge in [0.05, 0.1) is 43.7 Å². The van der Waals surface area contributed by atoms with Gasteiger partial charge in [0.25, 0.3) is 5.91 Å². The van der Waals surface area contributed by atoms with Gasteiger partial charge in [-0.1, -0.05) is 12.1 Å². The Balaban J connectivity index is 1.27. The van der Waals surface area contributed by atoms with Crippen LogP contribution in [-0.2, 0) is 15.7 Å². The summed E-state index contributed by atoms with van der Waals surface area (Å²) >= 11 is 0. The molecular weight excluding hydrogens is 525 g/mol. The Morgan fingerprint density at radius 1 is 1.20 bits per heavy atom. The van der Waals surface area contributed by atoms with E-state index in [0.717, 1.165) is 56.1 Å². The highest BCUT2D eigenvalue weighted by Crippen LogP contribution is 2.28. The van der Waals surface area contributed by atoms with E-state index in [1.807, 2.05) is 25.4 Å². The van der Waals surface area contributed by atoms with Crippen molar-refractivity contribution in [2.45, 2.75) is 25.1 Å². The van der Waals surface area contributed by atoms with Crippen molar-refractivity contribution < 1.29 is 27.4 Å². The lowest BCUT2D eigenvalue weighted by molar-refractivity contribution is -0.141. The minimum atomic E-state index is -4.64. The van der Waals surface area contributed by atoms with Crippen molar-refractivity contribution in [1.29, 1.82) is 0 Å². The van der Waals surface area contributed by atoms with E-state index < -0.39 is 17.8 Å². The molecule has 1 aromatic carbocycles. The largest absolute Gasteiger partial charge is 0.433 e. The summed E-state index contributed by atoms with van der Waals surface area (Å²) in [7, 11) is 0. The number of ether oxygens (including phenoxy) is 2. The van der Waals surface area contributed by atoms with Gasteiger partial charge in [-0.05, 0) is 42.8 Å². The van der Waals surface area contributed by atoms with Gasteiger partial charge in [-0.2, -0.15) is 18.3 Å². The molecule has 9 nitrogen and oxygen atoms in total. The molecule has 0 aliphatic carbocycles. The molecule has 2 atom stereocenters. The predicted molar refractivity (Wildman–Crippen MR) is 143 cm³/mol. The molecule has 3 aromatic rings. The summed E-state index contributed by atoms with van der Waals surface area (Å²) in [5.74, 6) is -0.872. The van der Waals surface area contributed by atoms with Crippen molar-refractivity contribution >= 4 is 17.8 Å². The van der Waals surface area contributed by atoms with Crippen LogP contribution in [0.2, 0.25) is 0 Å². The van der Waals surface area contributed by atoms with E-state index in [0.29, 0.717) is 18.0 Å². The molecule has 2 unspecified atom stereocenters. The first-order valence-corrected chi connectivity index (χ1v) is 12.9. The number of halogens is 3. The fraction of sp³-hybridized carbons (Fsp3) is 0.357. The van der Waals surface area contributed by atoms with Crippen LogP contribution >= 0.6 is 0 Å². The van der Waals surface area contributed by atoms with Crippen LogP contribution in [0.5, 0.6) is 0 Å². The monoisotopic (exact) mass is 554 g/mol. The number of pyridine rings is 1. The Bertz CT molecular complexity index is 1400. The quantitative estimate of drug-likeness (QED) is 0.448. The molecule has 0 saturated carbocycles. The molecule has 12 heteroatoms. The van der Waals surface area contributed by atoms with Crippen molar-refractivity contribution in [2.24, 2.45) is 4.99 Å². The zero-order chi connectivity index (χ0) is 28.1. The summed E-state index contributed by atoms with van der Waals surface area (Å²) in [4.78, 5) is 22.7. The van der Waals surface area contributed by atoms with Gasteiger partial charge in [0.15, 0.2) is 0 Å². The number of benzene rings is 1. The first-order chi connectivity index (χ1) is 19.3. The number of hydrogen-bond acceptors (Lipinski definition) is 7. The highest BCUT2D eigenvalue weighted by atomic mass is 19.4. The van der Waals surface area contributed by atoms with Crippen LogP contribution in [0.1, 0.15) is 33.2 Å². The first kappa shape index (κ1) is 27.7. The lowest BCUT2D eigenvalue weighted by Crippen LogP contribution is -2.39. The third-order valence-electron chi connectivity index (χ3n) is 6.76. The van der Waals surface area contributed by atoms with Gasteiger partial charge in [-0.25, -0.2) is 9.67 Å². The molecule has 1 fully saturated rings. The molecule has 1 saturated heterocycles. The summed E-state index contributed by atoms with van der Waals surface area (Å²) in [5, 5.41) is 7.16. The smallest absolute Gasteiger partial charge is 0.379 e. The summed E-state index contributed by atoms with van der Waals surface area (Å²) in [5.41, 5.74) is 1.44. The molecule has 4 heterocycles. The SMILES string of the molecule is Cc1ccc(NC(=O)c2cccc(C(F)(F)F)n2)cc1-n1cc(C2C=NC=CC2OCCN2CCOCC2)cn1. The van der Waals surface area contributed by atoms with Crippen molar-refractivity contribution in [1.82, 2.24) is 19.7 Å². The number of anilines is 1. The van der Waals surface area contributed by atoms with Crippen LogP contribution in [-0.4, -0.2) is 77.3 Å². The fourth-order valence-corrected chi connectivity index (χ4v) is 4.55. The van der Waals surface area contributed by atoms with Crippen molar-refractivity contribution in [3.05, 3.63) is 83.6 Å². The molecule has 40 heavy (non-hydrogen) atoms. The minimum Gasteiger partial charge on any atom is -0.379 e. The normalized spacial score (nSPS) is 19.6. The van der Waals surface area contributed by atoms with Gasteiger partial charge in [0.2, 0.25) is 0 Å². The lowest BCUT2D eigenvalue weighted by atomic mass is 9.96. The number of carbonyl (C=O) groups is 1. The van der Waals surface area contributed by atoms with E-state index in [2.05, 4.69) is 25.3 Å². The number of alkyl halides is 3. The Hall–Kier alpha value is -3.87. The molecule has 0 bridgehead atoms. The molecule has 2 aromatic heterocycles. The number of rotatable bonds is 8. The maximum absolute atomic E-state index is 13.0. The fourth-order valence-electron chi connectivity index (χ4n) is 4.55. The van der Waals surface area contributed by atoms with Gasteiger partial charge in [0, 0.05) is 49.5 Å². The third kappa shape index (κ3) is 6.64. The van der Waals surface area contributed by atoms with Crippen molar-refractivity contribution in [2.75, 3.05) is 44.8 Å². The summed E-state index contributed by atoms with van der Waals surface area (Å²) in [6.07, 6.45) is 4.31. The molecular formula is C28H29F3N6O3.